The van der Waals surface area contributed by atoms with Gasteiger partial charge in [-0.15, -0.1) is 0 Å². The maximum Gasteiger partial charge on any atom is 0.227 e. The monoisotopic (exact) mass is 373 g/mol. The van der Waals surface area contributed by atoms with Gasteiger partial charge in [-0.2, -0.15) is 9.97 Å². The number of anilines is 2. The average Bonchev–Trinajstić information content (AvgIpc) is 2.95. The van der Waals surface area contributed by atoms with Gasteiger partial charge in [0.2, 0.25) is 11.9 Å². The molecule has 140 valence electrons. The maximum absolute atomic E-state index is 13.9. The number of benzene rings is 1. The number of nitrogens with two attached hydrogens (primary N) is 2. The van der Waals surface area contributed by atoms with Crippen molar-refractivity contribution in [1.29, 1.82) is 0 Å². The molecule has 0 saturated carbocycles. The van der Waals surface area contributed by atoms with E-state index in [0.717, 1.165) is 12.1 Å². The fourth-order valence-corrected chi connectivity index (χ4v) is 3.16. The van der Waals surface area contributed by atoms with Crippen LogP contribution in [0.2, 0.25) is 0 Å². The molecule has 10 heteroatoms. The van der Waals surface area contributed by atoms with Crippen LogP contribution in [0.4, 0.5) is 20.5 Å². The Morgan fingerprint density at radius 2 is 1.96 bits per heavy atom. The van der Waals surface area contributed by atoms with E-state index in [2.05, 4.69) is 15.0 Å². The van der Waals surface area contributed by atoms with Crippen molar-refractivity contribution in [3.05, 3.63) is 41.2 Å². The van der Waals surface area contributed by atoms with E-state index >= 15 is 0 Å². The highest BCUT2D eigenvalue weighted by atomic mass is 19.1. The molecule has 0 aliphatic carbocycles. The number of hydrogen-bond donors (Lipinski definition) is 2. The summed E-state index contributed by atoms with van der Waals surface area (Å²) in [5.41, 5.74) is 12.6. The molecule has 4 rings (SSSR count). The first-order valence-corrected chi connectivity index (χ1v) is 8.31. The second-order valence-corrected chi connectivity index (χ2v) is 6.61. The number of nitrogens with zero attached hydrogens (tertiary/aromatic N) is 5. The predicted molar refractivity (Wildman–Crippen MR) is 94.6 cm³/mol. The minimum atomic E-state index is -0.581. The van der Waals surface area contributed by atoms with Crippen molar-refractivity contribution in [1.82, 2.24) is 24.4 Å². The summed E-state index contributed by atoms with van der Waals surface area (Å²) >= 11 is 0. The third-order valence-electron chi connectivity index (χ3n) is 4.74. The number of carbonyl (C=O) groups is 1. The van der Waals surface area contributed by atoms with Crippen molar-refractivity contribution < 1.29 is 13.6 Å². The summed E-state index contributed by atoms with van der Waals surface area (Å²) in [4.78, 5) is 26.2. The Hall–Kier alpha value is -3.30. The van der Waals surface area contributed by atoms with Gasteiger partial charge in [0.05, 0.1) is 18.8 Å². The van der Waals surface area contributed by atoms with Gasteiger partial charge < -0.3 is 20.9 Å². The Kier molecular flexibility index (Phi) is 3.90. The van der Waals surface area contributed by atoms with E-state index in [1.807, 2.05) is 0 Å². The van der Waals surface area contributed by atoms with Crippen LogP contribution in [0.25, 0.3) is 11.2 Å². The Bertz CT molecular complexity index is 1060. The van der Waals surface area contributed by atoms with Crippen molar-refractivity contribution in [2.24, 2.45) is 0 Å². The first kappa shape index (κ1) is 17.1. The van der Waals surface area contributed by atoms with Crippen molar-refractivity contribution in [3.63, 3.8) is 0 Å². The molecule has 1 amide bonds. The highest BCUT2D eigenvalue weighted by Gasteiger charge is 2.33. The fraction of sp³-hybridized carbons (Fsp3) is 0.294. The normalized spacial score (nSPS) is 14.6. The lowest BCUT2D eigenvalue weighted by Gasteiger charge is -2.40. The van der Waals surface area contributed by atoms with Gasteiger partial charge in [-0.05, 0) is 24.6 Å². The lowest BCUT2D eigenvalue weighted by molar-refractivity contribution is -0.136. The quantitative estimate of drug-likeness (QED) is 0.713. The molecule has 8 nitrogen and oxygen atoms in total. The fourth-order valence-electron chi connectivity index (χ4n) is 3.16. The number of imidazole rings is 1. The SMILES string of the molecule is Cc1cc(F)c(CC(=O)N2CC(n3cnc4c(N)nc(N)nc43)C2)cc1F. The Balaban J connectivity index is 1.47. The van der Waals surface area contributed by atoms with Crippen LogP contribution in [0.3, 0.4) is 0 Å². The molecule has 0 unspecified atom stereocenters. The zero-order valence-corrected chi connectivity index (χ0v) is 14.5. The predicted octanol–water partition coefficient (Wildman–Crippen LogP) is 1.20. The molecule has 3 heterocycles. The van der Waals surface area contributed by atoms with E-state index < -0.39 is 11.6 Å². The minimum absolute atomic E-state index is 0.0471. The number of likely N-dealkylation sites (tertiary alicyclic amines) is 1. The summed E-state index contributed by atoms with van der Waals surface area (Å²) in [6.45, 7) is 2.29. The van der Waals surface area contributed by atoms with Gasteiger partial charge in [-0.25, -0.2) is 13.8 Å². The molecule has 4 N–H and O–H groups in total. The van der Waals surface area contributed by atoms with Crippen LogP contribution in [0.5, 0.6) is 0 Å². The second-order valence-electron chi connectivity index (χ2n) is 6.61. The third-order valence-corrected chi connectivity index (χ3v) is 4.74. The van der Waals surface area contributed by atoms with E-state index in [1.165, 1.54) is 6.92 Å². The number of amides is 1. The topological polar surface area (TPSA) is 116 Å². The average molecular weight is 373 g/mol. The highest BCUT2D eigenvalue weighted by Crippen LogP contribution is 2.27. The van der Waals surface area contributed by atoms with E-state index in [4.69, 9.17) is 11.5 Å². The van der Waals surface area contributed by atoms with Crippen LogP contribution < -0.4 is 11.5 Å². The molecule has 0 bridgehead atoms. The first-order chi connectivity index (χ1) is 12.8. The van der Waals surface area contributed by atoms with Crippen molar-refractivity contribution in [2.75, 3.05) is 24.6 Å². The van der Waals surface area contributed by atoms with Gasteiger partial charge in [-0.1, -0.05) is 0 Å². The van der Waals surface area contributed by atoms with Gasteiger partial charge in [-0.3, -0.25) is 4.79 Å². The first-order valence-electron chi connectivity index (χ1n) is 8.31. The summed E-state index contributed by atoms with van der Waals surface area (Å²) < 4.78 is 29.4. The minimum Gasteiger partial charge on any atom is -0.382 e. The number of halogens is 2. The summed E-state index contributed by atoms with van der Waals surface area (Å²) in [5, 5.41) is 0. The largest absolute Gasteiger partial charge is 0.382 e. The number of nitrogen functional groups attached to an aromatic ring is 2. The molecule has 1 aliphatic heterocycles. The number of rotatable bonds is 3. The molecule has 1 fully saturated rings. The number of carbonyl (C=O) groups excluding carboxylic acids is 1. The zero-order valence-electron chi connectivity index (χ0n) is 14.5. The summed E-state index contributed by atoms with van der Waals surface area (Å²) in [7, 11) is 0. The summed E-state index contributed by atoms with van der Waals surface area (Å²) in [5.74, 6) is -1.14. The van der Waals surface area contributed by atoms with Crippen LogP contribution in [-0.2, 0) is 11.2 Å². The van der Waals surface area contributed by atoms with Crippen molar-refractivity contribution in [2.45, 2.75) is 19.4 Å². The van der Waals surface area contributed by atoms with Gasteiger partial charge >= 0.3 is 0 Å². The second kappa shape index (κ2) is 6.15. The molecular weight excluding hydrogens is 356 g/mol. The zero-order chi connectivity index (χ0) is 19.3. The van der Waals surface area contributed by atoms with E-state index in [1.54, 1.807) is 15.8 Å². The van der Waals surface area contributed by atoms with Crippen LogP contribution >= 0.6 is 0 Å². The summed E-state index contributed by atoms with van der Waals surface area (Å²) in [6.07, 6.45) is 1.39. The molecular formula is C17H17F2N7O. The van der Waals surface area contributed by atoms with Gasteiger partial charge in [0.15, 0.2) is 11.5 Å². The number of fused-ring (bicyclic) bond motifs is 1. The Labute approximate surface area is 152 Å². The summed E-state index contributed by atoms with van der Waals surface area (Å²) in [6, 6.07) is 2.13. The van der Waals surface area contributed by atoms with Crippen molar-refractivity contribution >= 4 is 28.8 Å². The number of hydrogen-bond acceptors (Lipinski definition) is 6. The number of aromatic nitrogens is 4. The Morgan fingerprint density at radius 1 is 1.22 bits per heavy atom. The van der Waals surface area contributed by atoms with E-state index in [9.17, 15) is 13.6 Å². The molecule has 1 saturated heterocycles. The van der Waals surface area contributed by atoms with Crippen LogP contribution in [0.15, 0.2) is 18.5 Å². The molecule has 3 aromatic rings. The van der Waals surface area contributed by atoms with E-state index in [0.29, 0.717) is 24.3 Å². The lowest BCUT2D eigenvalue weighted by Crippen LogP contribution is -2.51. The maximum atomic E-state index is 13.9. The smallest absolute Gasteiger partial charge is 0.227 e. The van der Waals surface area contributed by atoms with Gasteiger partial charge in [0.25, 0.3) is 0 Å². The van der Waals surface area contributed by atoms with Crippen LogP contribution in [-0.4, -0.2) is 43.4 Å². The molecule has 1 aromatic carbocycles. The molecule has 0 radical (unpaired) electrons. The van der Waals surface area contributed by atoms with Gasteiger partial charge in [0.1, 0.15) is 17.2 Å². The van der Waals surface area contributed by atoms with E-state index in [-0.39, 0.29) is 41.3 Å². The highest BCUT2D eigenvalue weighted by molar-refractivity contribution is 5.83. The van der Waals surface area contributed by atoms with Gasteiger partial charge in [0, 0.05) is 18.7 Å². The van der Waals surface area contributed by atoms with Crippen LogP contribution in [0, 0.1) is 18.6 Å². The molecule has 1 aliphatic rings. The Morgan fingerprint density at radius 3 is 2.70 bits per heavy atom. The third kappa shape index (κ3) is 2.92. The number of aryl methyl sites for hydroxylation is 1. The van der Waals surface area contributed by atoms with Crippen LogP contribution in [0.1, 0.15) is 17.2 Å². The molecule has 2 aromatic heterocycles. The molecule has 27 heavy (non-hydrogen) atoms. The molecule has 0 atom stereocenters. The standard InChI is InChI=1S/C17H17F2N7O/c1-8-2-12(19)9(3-11(8)18)4-13(27)25-5-10(6-25)26-7-22-14-15(20)23-17(21)24-16(14)26/h2-3,7,10H,4-6H2,1H3,(H4,20,21,23,24). The molecule has 0 spiro atoms. The van der Waals surface area contributed by atoms with Crippen molar-refractivity contribution in [3.8, 4) is 0 Å². The lowest BCUT2D eigenvalue weighted by atomic mass is 10.0.